The van der Waals surface area contributed by atoms with E-state index in [1.54, 1.807) is 0 Å². The molecule has 1 aromatic carbocycles. The minimum Gasteiger partial charge on any atom is -0.396 e. The molecule has 3 unspecified atom stereocenters. The molecular weight excluding hydrogens is 294 g/mol. The number of halogens is 1. The average Bonchev–Trinajstić information content (AvgIpc) is 2.88. The summed E-state index contributed by atoms with van der Waals surface area (Å²) in [6.07, 6.45) is 3.05. The Hall–Kier alpha value is -0.710. The van der Waals surface area contributed by atoms with E-state index in [1.165, 1.54) is 11.8 Å². The molecule has 3 nitrogen and oxygen atoms in total. The molecule has 5 heteroatoms. The molecule has 0 heterocycles. The number of aliphatic hydroxyl groups excluding tert-OH is 1. The second-order valence-corrected chi connectivity index (χ2v) is 7.05. The van der Waals surface area contributed by atoms with Gasteiger partial charge < -0.3 is 10.4 Å². The maximum absolute atomic E-state index is 12.2. The van der Waals surface area contributed by atoms with Crippen LogP contribution >= 0.6 is 23.4 Å². The fourth-order valence-corrected chi connectivity index (χ4v) is 3.52. The summed E-state index contributed by atoms with van der Waals surface area (Å²) in [5, 5.41) is 12.9. The largest absolute Gasteiger partial charge is 0.396 e. The predicted octanol–water partition coefficient (Wildman–Crippen LogP) is 3.10. The van der Waals surface area contributed by atoms with Crippen molar-refractivity contribution in [2.45, 2.75) is 42.4 Å². The first-order valence-electron chi connectivity index (χ1n) is 6.93. The van der Waals surface area contributed by atoms with Crippen LogP contribution in [-0.4, -0.2) is 28.9 Å². The normalized spacial score (nSPS) is 23.6. The van der Waals surface area contributed by atoms with Crippen molar-refractivity contribution < 1.29 is 9.90 Å². The Kier molecular flexibility index (Phi) is 5.75. The molecule has 0 saturated heterocycles. The summed E-state index contributed by atoms with van der Waals surface area (Å²) in [5.41, 5.74) is 0. The van der Waals surface area contributed by atoms with E-state index in [0.29, 0.717) is 5.02 Å². The average molecular weight is 314 g/mol. The molecule has 1 aliphatic carbocycles. The highest BCUT2D eigenvalue weighted by Crippen LogP contribution is 2.27. The quantitative estimate of drug-likeness (QED) is 0.821. The first kappa shape index (κ1) is 15.7. The number of hydrogen-bond acceptors (Lipinski definition) is 3. The zero-order chi connectivity index (χ0) is 14.5. The van der Waals surface area contributed by atoms with Crippen molar-refractivity contribution >= 4 is 29.3 Å². The Morgan fingerprint density at radius 2 is 2.15 bits per heavy atom. The van der Waals surface area contributed by atoms with Crippen LogP contribution in [0.15, 0.2) is 29.2 Å². The van der Waals surface area contributed by atoms with Crippen LogP contribution in [0.1, 0.15) is 26.2 Å². The molecule has 1 saturated carbocycles. The maximum Gasteiger partial charge on any atom is 0.233 e. The molecule has 1 aromatic rings. The first-order chi connectivity index (χ1) is 9.60. The van der Waals surface area contributed by atoms with Crippen LogP contribution in [0.5, 0.6) is 0 Å². The highest BCUT2D eigenvalue weighted by atomic mass is 35.5. The van der Waals surface area contributed by atoms with E-state index in [0.717, 1.165) is 24.2 Å². The Labute approximate surface area is 129 Å². The van der Waals surface area contributed by atoms with Crippen LogP contribution in [0, 0.1) is 5.92 Å². The number of thioether (sulfide) groups is 1. The van der Waals surface area contributed by atoms with Crippen molar-refractivity contribution in [3.05, 3.63) is 29.3 Å². The van der Waals surface area contributed by atoms with Crippen LogP contribution in [0.3, 0.4) is 0 Å². The number of rotatable bonds is 5. The van der Waals surface area contributed by atoms with Gasteiger partial charge in [-0.2, -0.15) is 0 Å². The van der Waals surface area contributed by atoms with E-state index >= 15 is 0 Å². The van der Waals surface area contributed by atoms with Gasteiger partial charge in [0, 0.05) is 28.5 Å². The van der Waals surface area contributed by atoms with Crippen molar-refractivity contribution in [1.82, 2.24) is 5.32 Å². The molecule has 0 aromatic heterocycles. The van der Waals surface area contributed by atoms with Crippen LogP contribution in [0.4, 0.5) is 0 Å². The Balaban J connectivity index is 1.87. The lowest BCUT2D eigenvalue weighted by Gasteiger charge is -2.21. The summed E-state index contributed by atoms with van der Waals surface area (Å²) < 4.78 is 0. The van der Waals surface area contributed by atoms with Crippen molar-refractivity contribution in [3.63, 3.8) is 0 Å². The van der Waals surface area contributed by atoms with Crippen molar-refractivity contribution in [2.24, 2.45) is 5.92 Å². The van der Waals surface area contributed by atoms with Crippen molar-refractivity contribution in [2.75, 3.05) is 6.61 Å². The molecule has 2 rings (SSSR count). The van der Waals surface area contributed by atoms with E-state index in [2.05, 4.69) is 5.32 Å². The molecule has 3 atom stereocenters. The summed E-state index contributed by atoms with van der Waals surface area (Å²) in [6, 6.07) is 7.62. The Bertz CT molecular complexity index is 452. The van der Waals surface area contributed by atoms with Gasteiger partial charge in [-0.15, -0.1) is 11.8 Å². The summed E-state index contributed by atoms with van der Waals surface area (Å²) in [4.78, 5) is 13.2. The van der Waals surface area contributed by atoms with E-state index in [-0.39, 0.29) is 29.7 Å². The molecule has 1 aliphatic rings. The van der Waals surface area contributed by atoms with Gasteiger partial charge in [0.15, 0.2) is 0 Å². The monoisotopic (exact) mass is 313 g/mol. The third-order valence-electron chi connectivity index (χ3n) is 3.72. The summed E-state index contributed by atoms with van der Waals surface area (Å²) >= 11 is 7.36. The van der Waals surface area contributed by atoms with Crippen LogP contribution in [0.25, 0.3) is 0 Å². The van der Waals surface area contributed by atoms with Gasteiger partial charge in [-0.05, 0) is 44.0 Å². The van der Waals surface area contributed by atoms with Gasteiger partial charge in [0.2, 0.25) is 5.91 Å². The van der Waals surface area contributed by atoms with Crippen molar-refractivity contribution in [3.8, 4) is 0 Å². The molecule has 0 aliphatic heterocycles. The molecule has 20 heavy (non-hydrogen) atoms. The number of carbonyl (C=O) groups excluding carboxylic acids is 1. The fraction of sp³-hybridized carbons (Fsp3) is 0.533. The lowest BCUT2D eigenvalue weighted by molar-refractivity contribution is -0.121. The smallest absolute Gasteiger partial charge is 0.233 e. The standard InChI is InChI=1S/C15H20ClNO2S/c1-10(20-13-7-5-12(16)6-8-13)15(19)17-14-4-2-3-11(14)9-18/h5-8,10-11,14,18H,2-4,9H2,1H3,(H,17,19). The molecule has 0 bridgehead atoms. The molecule has 110 valence electrons. The van der Waals surface area contributed by atoms with E-state index < -0.39 is 0 Å². The summed E-state index contributed by atoms with van der Waals surface area (Å²) in [6.45, 7) is 2.06. The van der Waals surface area contributed by atoms with Gasteiger partial charge >= 0.3 is 0 Å². The van der Waals surface area contributed by atoms with E-state index in [4.69, 9.17) is 11.6 Å². The first-order valence-corrected chi connectivity index (χ1v) is 8.19. The Morgan fingerprint density at radius 1 is 1.45 bits per heavy atom. The fourth-order valence-electron chi connectivity index (χ4n) is 2.52. The van der Waals surface area contributed by atoms with Crippen molar-refractivity contribution in [1.29, 1.82) is 0 Å². The minimum atomic E-state index is -0.156. The summed E-state index contributed by atoms with van der Waals surface area (Å²) in [5.74, 6) is 0.252. The predicted molar refractivity (Wildman–Crippen MR) is 83.1 cm³/mol. The number of nitrogens with one attached hydrogen (secondary N) is 1. The Morgan fingerprint density at radius 3 is 2.80 bits per heavy atom. The van der Waals surface area contributed by atoms with Gasteiger partial charge in [0.1, 0.15) is 0 Å². The van der Waals surface area contributed by atoms with E-state index in [9.17, 15) is 9.90 Å². The van der Waals surface area contributed by atoms with Gasteiger partial charge in [0.05, 0.1) is 5.25 Å². The van der Waals surface area contributed by atoms with Gasteiger partial charge in [-0.3, -0.25) is 4.79 Å². The number of carbonyl (C=O) groups is 1. The minimum absolute atomic E-state index is 0.0373. The maximum atomic E-state index is 12.2. The molecule has 1 fully saturated rings. The van der Waals surface area contributed by atoms with Gasteiger partial charge in [-0.1, -0.05) is 18.0 Å². The molecule has 1 amide bonds. The summed E-state index contributed by atoms with van der Waals surface area (Å²) in [7, 11) is 0. The van der Waals surface area contributed by atoms with Crippen LogP contribution < -0.4 is 5.32 Å². The molecule has 2 N–H and O–H groups in total. The molecule has 0 radical (unpaired) electrons. The van der Waals surface area contributed by atoms with Gasteiger partial charge in [-0.25, -0.2) is 0 Å². The highest BCUT2D eigenvalue weighted by Gasteiger charge is 2.29. The number of amides is 1. The highest BCUT2D eigenvalue weighted by molar-refractivity contribution is 8.00. The second-order valence-electron chi connectivity index (χ2n) is 5.20. The van der Waals surface area contributed by atoms with Crippen LogP contribution in [-0.2, 0) is 4.79 Å². The number of aliphatic hydroxyl groups is 1. The second kappa shape index (κ2) is 7.34. The number of hydrogen-bond donors (Lipinski definition) is 2. The lowest BCUT2D eigenvalue weighted by atomic mass is 10.1. The zero-order valence-electron chi connectivity index (χ0n) is 11.5. The molecular formula is C15H20ClNO2S. The third-order valence-corrected chi connectivity index (χ3v) is 5.08. The third kappa shape index (κ3) is 4.14. The van der Waals surface area contributed by atoms with E-state index in [1.807, 2.05) is 31.2 Å². The topological polar surface area (TPSA) is 49.3 Å². The SMILES string of the molecule is CC(Sc1ccc(Cl)cc1)C(=O)NC1CCCC1CO. The number of benzene rings is 1. The lowest BCUT2D eigenvalue weighted by Crippen LogP contribution is -2.42. The molecule has 0 spiro atoms. The zero-order valence-corrected chi connectivity index (χ0v) is 13.1. The van der Waals surface area contributed by atoms with Crippen LogP contribution in [0.2, 0.25) is 5.02 Å². The van der Waals surface area contributed by atoms with Gasteiger partial charge in [0.25, 0.3) is 0 Å².